The van der Waals surface area contributed by atoms with Gasteiger partial charge in [-0.25, -0.2) is 0 Å². The normalized spacial score (nSPS) is 15.0. The fraction of sp³-hybridized carbons (Fsp3) is 0.0278. The summed E-state index contributed by atoms with van der Waals surface area (Å²) in [6.07, 6.45) is 9.22. The third kappa shape index (κ3) is 6.63. The van der Waals surface area contributed by atoms with Crippen molar-refractivity contribution in [3.05, 3.63) is 279 Å². The minimum absolute atomic E-state index is 0.169. The maximum absolute atomic E-state index is 2.56. The summed E-state index contributed by atoms with van der Waals surface area (Å²) in [5.41, 5.74) is 16.3. The van der Waals surface area contributed by atoms with Gasteiger partial charge in [0.2, 0.25) is 0 Å². The quantitative estimate of drug-likeness (QED) is 0.150. The van der Waals surface area contributed by atoms with Gasteiger partial charge in [-0.1, -0.05) is 231 Å². The molecule has 1 aliphatic carbocycles. The topological polar surface area (TPSA) is 3.24 Å². The van der Waals surface area contributed by atoms with Gasteiger partial charge in [0, 0.05) is 17.3 Å². The molecule has 0 N–H and O–H groups in total. The lowest BCUT2D eigenvalue weighted by Gasteiger charge is -2.28. The molecule has 13 aromatic carbocycles. The molecule has 0 saturated carbocycles. The van der Waals surface area contributed by atoms with Gasteiger partial charge in [-0.05, 0) is 168 Å². The molecule has 0 bridgehead atoms. The molecule has 13 aromatic rings. The molecule has 0 aromatic heterocycles. The zero-order chi connectivity index (χ0) is 48.0. The first-order chi connectivity index (χ1) is 36.2. The zero-order valence-corrected chi connectivity index (χ0v) is 40.1. The third-order valence-corrected chi connectivity index (χ3v) is 15.9. The maximum Gasteiger partial charge on any atom is 0.0629 e. The number of fused-ring (bicyclic) bond motifs is 9. The molecule has 0 fully saturated rings. The highest BCUT2D eigenvalue weighted by molar-refractivity contribution is 6.23. The molecular formula is C72H47N. The Bertz CT molecular complexity index is 4390. The van der Waals surface area contributed by atoms with E-state index in [1.165, 1.54) is 137 Å². The standard InChI is InChI=1S/C72H47N/c1-2-18-49(19-3-1)69-58-23-8-10-25-60(58)71(61-26-11-9-24-59(61)69)55-37-41-68-65(45-55)57-22-14-15-29-67(57)73(68)56-38-34-48(35-39-56)52-36-40-64-66(44-52)72(54-33-31-47-17-5-7-21-51(47)43-54)63-28-13-12-27-62(63)70(64)53-32-30-46-16-4-6-20-50(46)42-53/h1-45,57,67H. The van der Waals surface area contributed by atoms with Gasteiger partial charge in [0.25, 0.3) is 0 Å². The first-order valence-corrected chi connectivity index (χ1v) is 25.6. The summed E-state index contributed by atoms with van der Waals surface area (Å²) < 4.78 is 0. The van der Waals surface area contributed by atoms with E-state index in [1.54, 1.807) is 0 Å². The molecule has 2 unspecified atom stereocenters. The minimum atomic E-state index is 0.169. The molecule has 15 rings (SSSR count). The van der Waals surface area contributed by atoms with Crippen LogP contribution in [0.3, 0.4) is 0 Å². The molecule has 0 radical (unpaired) electrons. The predicted octanol–water partition coefficient (Wildman–Crippen LogP) is 19.7. The van der Waals surface area contributed by atoms with Crippen LogP contribution in [0.5, 0.6) is 0 Å². The second kappa shape index (κ2) is 16.7. The van der Waals surface area contributed by atoms with Crippen molar-refractivity contribution in [3.63, 3.8) is 0 Å². The Morgan fingerprint density at radius 3 is 1.26 bits per heavy atom. The monoisotopic (exact) mass is 925 g/mol. The van der Waals surface area contributed by atoms with Crippen molar-refractivity contribution in [2.24, 2.45) is 0 Å². The van der Waals surface area contributed by atoms with Crippen molar-refractivity contribution in [1.29, 1.82) is 0 Å². The van der Waals surface area contributed by atoms with Crippen LogP contribution in [0.15, 0.2) is 273 Å². The predicted molar refractivity (Wildman–Crippen MR) is 312 cm³/mol. The lowest BCUT2D eigenvalue weighted by molar-refractivity contribution is 0.745. The van der Waals surface area contributed by atoms with Crippen molar-refractivity contribution < 1.29 is 0 Å². The number of benzene rings is 13. The molecule has 0 amide bonds. The van der Waals surface area contributed by atoms with Gasteiger partial charge in [-0.3, -0.25) is 0 Å². The SMILES string of the molecule is C1=CC2c3cc(-c4c5ccccc5c(-c5ccccc5)c5ccccc45)ccc3N(c3ccc(-c4ccc5c(-c6ccc7ccccc7c6)c6ccccc6c(-c6ccc7ccccc7c6)c5c4)cc3)C2C=C1. The van der Waals surface area contributed by atoms with E-state index in [2.05, 4.69) is 278 Å². The van der Waals surface area contributed by atoms with Crippen LogP contribution in [0.2, 0.25) is 0 Å². The Morgan fingerprint density at radius 1 is 0.260 bits per heavy atom. The largest absolute Gasteiger partial charge is 0.333 e. The number of nitrogens with zero attached hydrogens (tertiary/aromatic N) is 1. The first-order valence-electron chi connectivity index (χ1n) is 25.6. The lowest BCUT2D eigenvalue weighted by Crippen LogP contribution is -2.28. The summed E-state index contributed by atoms with van der Waals surface area (Å²) in [6.45, 7) is 0. The fourth-order valence-electron chi connectivity index (χ4n) is 12.6. The van der Waals surface area contributed by atoms with E-state index in [4.69, 9.17) is 0 Å². The van der Waals surface area contributed by atoms with Crippen LogP contribution >= 0.6 is 0 Å². The minimum Gasteiger partial charge on any atom is -0.333 e. The van der Waals surface area contributed by atoms with Gasteiger partial charge < -0.3 is 4.90 Å². The van der Waals surface area contributed by atoms with E-state index in [-0.39, 0.29) is 12.0 Å². The summed E-state index contributed by atoms with van der Waals surface area (Å²) in [5.74, 6) is 0.224. The van der Waals surface area contributed by atoms with Gasteiger partial charge in [-0.2, -0.15) is 0 Å². The average molecular weight is 926 g/mol. The van der Waals surface area contributed by atoms with E-state index in [0.717, 1.165) is 0 Å². The van der Waals surface area contributed by atoms with Crippen LogP contribution in [0, 0.1) is 0 Å². The van der Waals surface area contributed by atoms with E-state index in [9.17, 15) is 0 Å². The first kappa shape index (κ1) is 41.5. The smallest absolute Gasteiger partial charge is 0.0629 e. The molecule has 2 atom stereocenters. The summed E-state index contributed by atoms with van der Waals surface area (Å²) >= 11 is 0. The van der Waals surface area contributed by atoms with Crippen LogP contribution in [-0.4, -0.2) is 6.04 Å². The molecule has 1 heteroatoms. The highest BCUT2D eigenvalue weighted by Gasteiger charge is 2.38. The molecule has 1 aliphatic heterocycles. The Hall–Kier alpha value is -9.30. The summed E-state index contributed by atoms with van der Waals surface area (Å²) in [6, 6.07) is 93.0. The number of allylic oxidation sites excluding steroid dienone is 2. The highest BCUT2D eigenvalue weighted by atomic mass is 15.2. The molecule has 73 heavy (non-hydrogen) atoms. The second-order valence-electron chi connectivity index (χ2n) is 19.9. The van der Waals surface area contributed by atoms with Crippen LogP contribution in [-0.2, 0) is 0 Å². The second-order valence-corrected chi connectivity index (χ2v) is 19.9. The Labute approximate surface area is 424 Å². The maximum atomic E-state index is 2.56. The Morgan fingerprint density at radius 2 is 0.685 bits per heavy atom. The average Bonchev–Trinajstić information content (AvgIpc) is 3.79. The Balaban J connectivity index is 0.860. The van der Waals surface area contributed by atoms with Crippen LogP contribution in [0.4, 0.5) is 11.4 Å². The Kier molecular flexibility index (Phi) is 9.47. The number of rotatable bonds is 6. The number of anilines is 2. The van der Waals surface area contributed by atoms with Crippen molar-refractivity contribution in [1.82, 2.24) is 0 Å². The molecular weight excluding hydrogens is 879 g/mol. The van der Waals surface area contributed by atoms with Crippen LogP contribution < -0.4 is 4.90 Å². The zero-order valence-electron chi connectivity index (χ0n) is 40.1. The van der Waals surface area contributed by atoms with Crippen molar-refractivity contribution in [2.75, 3.05) is 4.90 Å². The molecule has 0 saturated heterocycles. The van der Waals surface area contributed by atoms with Gasteiger partial charge in [0.1, 0.15) is 0 Å². The van der Waals surface area contributed by atoms with Gasteiger partial charge in [-0.15, -0.1) is 0 Å². The van der Waals surface area contributed by atoms with E-state index >= 15 is 0 Å². The highest BCUT2D eigenvalue weighted by Crippen LogP contribution is 2.52. The van der Waals surface area contributed by atoms with E-state index in [1.807, 2.05) is 0 Å². The summed E-state index contributed by atoms with van der Waals surface area (Å²) in [5, 5.41) is 15.1. The van der Waals surface area contributed by atoms with Crippen LogP contribution in [0.25, 0.3) is 120 Å². The third-order valence-electron chi connectivity index (χ3n) is 15.9. The summed E-state index contributed by atoms with van der Waals surface area (Å²) in [4.78, 5) is 2.56. The van der Waals surface area contributed by atoms with E-state index in [0.29, 0.717) is 0 Å². The van der Waals surface area contributed by atoms with Crippen LogP contribution in [0.1, 0.15) is 11.5 Å². The molecule has 0 spiro atoms. The van der Waals surface area contributed by atoms with Crippen molar-refractivity contribution in [2.45, 2.75) is 12.0 Å². The number of hydrogen-bond donors (Lipinski definition) is 0. The molecule has 340 valence electrons. The lowest BCUT2D eigenvalue weighted by atomic mass is 9.84. The summed E-state index contributed by atoms with van der Waals surface area (Å²) in [7, 11) is 0. The van der Waals surface area contributed by atoms with Gasteiger partial charge in [0.15, 0.2) is 0 Å². The van der Waals surface area contributed by atoms with E-state index < -0.39 is 0 Å². The molecule has 1 heterocycles. The fourth-order valence-corrected chi connectivity index (χ4v) is 12.6. The molecule has 2 aliphatic rings. The molecule has 1 nitrogen and oxygen atoms in total. The van der Waals surface area contributed by atoms with Gasteiger partial charge >= 0.3 is 0 Å². The van der Waals surface area contributed by atoms with Crippen molar-refractivity contribution in [3.8, 4) is 55.6 Å². The van der Waals surface area contributed by atoms with Gasteiger partial charge in [0.05, 0.1) is 6.04 Å². The van der Waals surface area contributed by atoms with Crippen molar-refractivity contribution >= 4 is 76.0 Å². The number of hydrogen-bond acceptors (Lipinski definition) is 1.